The number of piperidine rings is 3. The van der Waals surface area contributed by atoms with Gasteiger partial charge in [-0.3, -0.25) is 9.69 Å². The molecule has 160 valence electrons. The number of hydrogen-bond donors (Lipinski definition) is 2. The van der Waals surface area contributed by atoms with Crippen LogP contribution < -0.4 is 15.6 Å². The van der Waals surface area contributed by atoms with Crippen molar-refractivity contribution in [3.05, 3.63) is 36.4 Å². The fraction of sp³-hybridized carbons (Fsp3) is 0.500. The Morgan fingerprint density at radius 1 is 1.17 bits per heavy atom. The lowest BCUT2D eigenvalue weighted by atomic mass is 9.86. The largest absolute Gasteiger partial charge is 0.472 e. The summed E-state index contributed by atoms with van der Waals surface area (Å²) in [5, 5.41) is 8.62. The van der Waals surface area contributed by atoms with Crippen LogP contribution in [0, 0.1) is 5.92 Å². The summed E-state index contributed by atoms with van der Waals surface area (Å²) in [5.41, 5.74) is 8.53. The summed E-state index contributed by atoms with van der Waals surface area (Å²) >= 11 is 0. The maximum absolute atomic E-state index is 11.6. The highest BCUT2D eigenvalue weighted by atomic mass is 16.5. The zero-order valence-electron chi connectivity index (χ0n) is 17.5. The summed E-state index contributed by atoms with van der Waals surface area (Å²) in [4.78, 5) is 14.1. The lowest BCUT2D eigenvalue weighted by Gasteiger charge is -2.44. The zero-order valence-corrected chi connectivity index (χ0v) is 17.5. The molecule has 0 amide bonds. The molecular weight excluding hydrogens is 382 g/mol. The number of nitrogens with one attached hydrogen (secondary N) is 2. The second-order valence-corrected chi connectivity index (χ2v) is 7.87. The molecule has 30 heavy (non-hydrogen) atoms. The number of nitrogens with zero attached hydrogens (tertiary/aromatic N) is 3. The fourth-order valence-electron chi connectivity index (χ4n) is 3.98. The molecule has 2 aromatic rings. The number of aromatic nitrogens is 2. The molecule has 1 unspecified atom stereocenters. The van der Waals surface area contributed by atoms with Gasteiger partial charge in [-0.05, 0) is 63.9 Å². The molecule has 3 aliphatic heterocycles. The molecule has 3 fully saturated rings. The Morgan fingerprint density at radius 2 is 1.93 bits per heavy atom. The number of ether oxygens (including phenoxy) is 2. The Morgan fingerprint density at radius 3 is 2.53 bits per heavy atom. The summed E-state index contributed by atoms with van der Waals surface area (Å²) in [6.07, 6.45) is 2.65. The van der Waals surface area contributed by atoms with Gasteiger partial charge in [0.1, 0.15) is 12.1 Å². The first-order valence-electron chi connectivity index (χ1n) is 10.6. The quantitative estimate of drug-likeness (QED) is 0.506. The van der Waals surface area contributed by atoms with E-state index in [1.54, 1.807) is 13.8 Å². The Bertz CT molecular complexity index is 835. The highest BCUT2D eigenvalue weighted by Gasteiger charge is 2.35. The van der Waals surface area contributed by atoms with E-state index in [9.17, 15) is 4.79 Å². The molecule has 2 bridgehead atoms. The monoisotopic (exact) mass is 411 g/mol. The van der Waals surface area contributed by atoms with E-state index >= 15 is 0 Å². The van der Waals surface area contributed by atoms with Crippen LogP contribution in [0.2, 0.25) is 0 Å². The first-order chi connectivity index (χ1) is 14.6. The predicted molar refractivity (Wildman–Crippen MR) is 114 cm³/mol. The molecule has 8 nitrogen and oxygen atoms in total. The standard InChI is InChI=1S/C22H29N5O3/c1-3-29-22(28)15(2)23-24-18-6-4-16(5-7-18)19-8-9-21(26-25-19)30-20-14-27-12-10-17(20)11-13-27/h4-9,15,17,20,23-24H,3,10-14H2,1-2H3/t15?,20-/m0/s1. The van der Waals surface area contributed by atoms with E-state index in [-0.39, 0.29) is 12.1 Å². The van der Waals surface area contributed by atoms with Gasteiger partial charge in [0.05, 0.1) is 12.3 Å². The van der Waals surface area contributed by atoms with Crippen LogP contribution >= 0.6 is 0 Å². The van der Waals surface area contributed by atoms with Crippen molar-refractivity contribution in [2.24, 2.45) is 5.92 Å². The highest BCUT2D eigenvalue weighted by molar-refractivity contribution is 5.75. The van der Waals surface area contributed by atoms with Crippen LogP contribution in [0.15, 0.2) is 36.4 Å². The van der Waals surface area contributed by atoms with Crippen molar-refractivity contribution in [1.29, 1.82) is 0 Å². The lowest BCUT2D eigenvalue weighted by molar-refractivity contribution is -0.145. The maximum atomic E-state index is 11.6. The normalized spacial score (nSPS) is 23.6. The van der Waals surface area contributed by atoms with E-state index in [1.165, 1.54) is 25.9 Å². The van der Waals surface area contributed by atoms with Crippen molar-refractivity contribution < 1.29 is 14.3 Å². The topological polar surface area (TPSA) is 88.6 Å². The molecule has 4 heterocycles. The third kappa shape index (κ3) is 4.88. The number of carbonyl (C=O) groups excluding carboxylic acids is 1. The summed E-state index contributed by atoms with van der Waals surface area (Å²) < 4.78 is 11.1. The smallest absolute Gasteiger partial charge is 0.324 e. The van der Waals surface area contributed by atoms with E-state index < -0.39 is 6.04 Å². The van der Waals surface area contributed by atoms with Crippen LogP contribution in [0.25, 0.3) is 11.3 Å². The average molecular weight is 412 g/mol. The minimum absolute atomic E-state index is 0.225. The van der Waals surface area contributed by atoms with Crippen molar-refractivity contribution >= 4 is 11.7 Å². The molecule has 0 radical (unpaired) electrons. The molecule has 3 saturated heterocycles. The molecule has 8 heteroatoms. The van der Waals surface area contributed by atoms with Gasteiger partial charge in [-0.2, -0.15) is 0 Å². The Kier molecular flexibility index (Phi) is 6.44. The van der Waals surface area contributed by atoms with E-state index in [0.717, 1.165) is 23.5 Å². The second-order valence-electron chi connectivity index (χ2n) is 7.87. The minimum atomic E-state index is -0.445. The maximum Gasteiger partial charge on any atom is 0.324 e. The van der Waals surface area contributed by atoms with Crippen molar-refractivity contribution in [2.75, 3.05) is 31.7 Å². The van der Waals surface area contributed by atoms with Crippen molar-refractivity contribution in [3.8, 4) is 17.1 Å². The average Bonchev–Trinajstić information content (AvgIpc) is 2.79. The number of benzene rings is 1. The second kappa shape index (κ2) is 9.40. The minimum Gasteiger partial charge on any atom is -0.472 e. The molecule has 1 aromatic carbocycles. The molecule has 5 rings (SSSR count). The number of hydrazine groups is 1. The molecule has 0 saturated carbocycles. The molecular formula is C22H29N5O3. The zero-order chi connectivity index (χ0) is 20.9. The van der Waals surface area contributed by atoms with Gasteiger partial charge in [-0.15, -0.1) is 10.2 Å². The highest BCUT2D eigenvalue weighted by Crippen LogP contribution is 2.30. The third-order valence-corrected chi connectivity index (χ3v) is 5.76. The van der Waals surface area contributed by atoms with Gasteiger partial charge >= 0.3 is 5.97 Å². The molecule has 1 aromatic heterocycles. The third-order valence-electron chi connectivity index (χ3n) is 5.76. The number of fused-ring (bicyclic) bond motifs is 3. The van der Waals surface area contributed by atoms with Gasteiger partial charge < -0.3 is 14.9 Å². The molecule has 3 aliphatic rings. The van der Waals surface area contributed by atoms with Gasteiger partial charge in [0.25, 0.3) is 0 Å². The molecule has 0 aliphatic carbocycles. The van der Waals surface area contributed by atoms with Crippen molar-refractivity contribution in [2.45, 2.75) is 38.8 Å². The predicted octanol–water partition coefficient (Wildman–Crippen LogP) is 2.48. The van der Waals surface area contributed by atoms with E-state index in [1.807, 2.05) is 36.4 Å². The number of esters is 1. The van der Waals surface area contributed by atoms with Gasteiger partial charge in [-0.1, -0.05) is 12.1 Å². The summed E-state index contributed by atoms with van der Waals surface area (Å²) in [6, 6.07) is 11.1. The van der Waals surface area contributed by atoms with Gasteiger partial charge in [0.15, 0.2) is 0 Å². The van der Waals surface area contributed by atoms with Crippen LogP contribution in [0.4, 0.5) is 5.69 Å². The van der Waals surface area contributed by atoms with Gasteiger partial charge in [0, 0.05) is 23.9 Å². The van der Waals surface area contributed by atoms with Crippen molar-refractivity contribution in [1.82, 2.24) is 20.5 Å². The van der Waals surface area contributed by atoms with Gasteiger partial charge in [-0.25, -0.2) is 5.43 Å². The lowest BCUT2D eigenvalue weighted by Crippen LogP contribution is -2.52. The fourth-order valence-corrected chi connectivity index (χ4v) is 3.98. The molecule has 2 N–H and O–H groups in total. The SMILES string of the molecule is CCOC(=O)C(C)NNc1ccc(-c2ccc(O[C@H]3CN4CCC3CC4)nn2)cc1. The summed E-state index contributed by atoms with van der Waals surface area (Å²) in [6.45, 7) is 7.27. The number of rotatable bonds is 8. The summed E-state index contributed by atoms with van der Waals surface area (Å²) in [5.74, 6) is 0.932. The molecule has 0 spiro atoms. The van der Waals surface area contributed by atoms with E-state index in [0.29, 0.717) is 18.4 Å². The number of anilines is 1. The Labute approximate surface area is 176 Å². The first-order valence-corrected chi connectivity index (χ1v) is 10.6. The van der Waals surface area contributed by atoms with Crippen LogP contribution in [0.1, 0.15) is 26.7 Å². The summed E-state index contributed by atoms with van der Waals surface area (Å²) in [7, 11) is 0. The van der Waals surface area contributed by atoms with Crippen LogP contribution in [0.5, 0.6) is 5.88 Å². The van der Waals surface area contributed by atoms with Crippen LogP contribution in [-0.4, -0.2) is 59.5 Å². The van der Waals surface area contributed by atoms with E-state index in [4.69, 9.17) is 9.47 Å². The molecule has 2 atom stereocenters. The van der Waals surface area contributed by atoms with Gasteiger partial charge in [0.2, 0.25) is 5.88 Å². The van der Waals surface area contributed by atoms with Crippen molar-refractivity contribution in [3.63, 3.8) is 0 Å². The Balaban J connectivity index is 1.31. The first kappa shape index (κ1) is 20.6. The number of hydrogen-bond acceptors (Lipinski definition) is 8. The van der Waals surface area contributed by atoms with E-state index in [2.05, 4.69) is 25.9 Å². The Hall–Kier alpha value is -2.71. The number of carbonyl (C=O) groups is 1. The van der Waals surface area contributed by atoms with Crippen LogP contribution in [0.3, 0.4) is 0 Å². The van der Waals surface area contributed by atoms with Crippen LogP contribution in [-0.2, 0) is 9.53 Å².